The van der Waals surface area contributed by atoms with Crippen LogP contribution in [0.4, 0.5) is 4.79 Å². The number of hydrogen-bond acceptors (Lipinski definition) is 2. The number of ether oxygens (including phenoxy) is 1. The third-order valence-electron chi connectivity index (χ3n) is 1.82. The van der Waals surface area contributed by atoms with Crippen molar-refractivity contribution in [2.45, 2.75) is 26.5 Å². The van der Waals surface area contributed by atoms with Crippen molar-refractivity contribution < 1.29 is 9.53 Å². The Morgan fingerprint density at radius 2 is 1.94 bits per heavy atom. The third-order valence-corrected chi connectivity index (χ3v) is 2.52. The molecule has 0 unspecified atom stereocenters. The number of halogens is 2. The first-order valence-corrected chi connectivity index (χ1v) is 5.62. The normalized spacial score (nSPS) is 10.3. The number of alkyl carbamates (subject to hydrolysis) is 1. The summed E-state index contributed by atoms with van der Waals surface area (Å²) >= 11 is 11.8. The molecule has 0 radical (unpaired) electrons. The number of benzene rings is 1. The first-order chi connectivity index (χ1) is 7.50. The van der Waals surface area contributed by atoms with Crippen LogP contribution in [-0.2, 0) is 11.3 Å². The maximum absolute atomic E-state index is 11.2. The van der Waals surface area contributed by atoms with Crippen LogP contribution in [0.1, 0.15) is 19.4 Å². The van der Waals surface area contributed by atoms with Crippen LogP contribution in [0, 0.1) is 0 Å². The summed E-state index contributed by atoms with van der Waals surface area (Å²) in [6.07, 6.45) is -0.481. The smallest absolute Gasteiger partial charge is 0.407 e. The van der Waals surface area contributed by atoms with Crippen LogP contribution in [-0.4, -0.2) is 12.1 Å². The van der Waals surface area contributed by atoms with Crippen LogP contribution < -0.4 is 5.32 Å². The molecule has 1 rings (SSSR count). The highest BCUT2D eigenvalue weighted by Crippen LogP contribution is 2.24. The molecule has 0 aromatic heterocycles. The minimum Gasteiger partial charge on any atom is -0.445 e. The zero-order valence-corrected chi connectivity index (χ0v) is 10.6. The second-order valence-electron chi connectivity index (χ2n) is 3.58. The van der Waals surface area contributed by atoms with Gasteiger partial charge in [0.1, 0.15) is 6.61 Å². The second-order valence-corrected chi connectivity index (χ2v) is 4.39. The summed E-state index contributed by atoms with van der Waals surface area (Å²) in [5, 5.41) is 3.59. The van der Waals surface area contributed by atoms with Gasteiger partial charge in [-0.05, 0) is 26.0 Å². The standard InChI is InChI=1S/C11H13Cl2NO2/c1-7(2)14-11(15)16-6-8-9(12)4-3-5-10(8)13/h3-5,7H,6H2,1-2H3,(H,14,15). The quantitative estimate of drug-likeness (QED) is 0.903. The van der Waals surface area contributed by atoms with E-state index in [1.165, 1.54) is 0 Å². The van der Waals surface area contributed by atoms with Crippen LogP contribution in [0.2, 0.25) is 10.0 Å². The molecule has 0 atom stereocenters. The van der Waals surface area contributed by atoms with E-state index in [0.29, 0.717) is 15.6 Å². The third kappa shape index (κ3) is 3.91. The highest BCUT2D eigenvalue weighted by Gasteiger charge is 2.09. The summed E-state index contributed by atoms with van der Waals surface area (Å²) < 4.78 is 4.98. The lowest BCUT2D eigenvalue weighted by atomic mass is 10.2. The highest BCUT2D eigenvalue weighted by molar-refractivity contribution is 6.35. The maximum atomic E-state index is 11.2. The number of nitrogens with one attached hydrogen (secondary N) is 1. The first-order valence-electron chi connectivity index (χ1n) is 4.87. The molecule has 0 aliphatic carbocycles. The Morgan fingerprint density at radius 1 is 1.38 bits per heavy atom. The average Bonchev–Trinajstić information content (AvgIpc) is 2.15. The summed E-state index contributed by atoms with van der Waals surface area (Å²) in [7, 11) is 0. The van der Waals surface area contributed by atoms with Gasteiger partial charge in [0.25, 0.3) is 0 Å². The highest BCUT2D eigenvalue weighted by atomic mass is 35.5. The van der Waals surface area contributed by atoms with E-state index in [4.69, 9.17) is 27.9 Å². The molecule has 0 spiro atoms. The summed E-state index contributed by atoms with van der Waals surface area (Å²) in [6.45, 7) is 3.77. The van der Waals surface area contributed by atoms with E-state index in [9.17, 15) is 4.79 Å². The molecule has 0 aliphatic rings. The largest absolute Gasteiger partial charge is 0.445 e. The summed E-state index contributed by atoms with van der Waals surface area (Å²) in [4.78, 5) is 11.2. The van der Waals surface area contributed by atoms with Crippen molar-refractivity contribution in [3.05, 3.63) is 33.8 Å². The van der Waals surface area contributed by atoms with Gasteiger partial charge in [0.15, 0.2) is 0 Å². The van der Waals surface area contributed by atoms with Gasteiger partial charge in [-0.15, -0.1) is 0 Å². The molecule has 1 aromatic carbocycles. The van der Waals surface area contributed by atoms with E-state index >= 15 is 0 Å². The Morgan fingerprint density at radius 3 is 2.44 bits per heavy atom. The Labute approximate surface area is 105 Å². The average molecular weight is 262 g/mol. The molecule has 0 saturated carbocycles. The van der Waals surface area contributed by atoms with Gasteiger partial charge < -0.3 is 10.1 Å². The molecule has 1 amide bonds. The summed E-state index contributed by atoms with van der Waals surface area (Å²) in [6, 6.07) is 5.18. The molecule has 5 heteroatoms. The molecule has 0 bridgehead atoms. The van der Waals surface area contributed by atoms with Crippen molar-refractivity contribution in [3.8, 4) is 0 Å². The van der Waals surface area contributed by atoms with Crippen molar-refractivity contribution in [2.24, 2.45) is 0 Å². The molecule has 0 saturated heterocycles. The second kappa shape index (κ2) is 5.97. The van der Waals surface area contributed by atoms with E-state index in [0.717, 1.165) is 0 Å². The Bertz CT molecular complexity index is 360. The minimum atomic E-state index is -0.481. The first kappa shape index (κ1) is 13.1. The fourth-order valence-electron chi connectivity index (χ4n) is 1.09. The van der Waals surface area contributed by atoms with Gasteiger partial charge in [-0.1, -0.05) is 29.3 Å². The van der Waals surface area contributed by atoms with Gasteiger partial charge in [0.2, 0.25) is 0 Å². The molecular formula is C11H13Cl2NO2. The van der Waals surface area contributed by atoms with Crippen LogP contribution in [0.25, 0.3) is 0 Å². The van der Waals surface area contributed by atoms with Gasteiger partial charge in [-0.25, -0.2) is 4.79 Å². The summed E-state index contributed by atoms with van der Waals surface area (Å²) in [5.74, 6) is 0. The Kier molecular flexibility index (Phi) is 4.90. The van der Waals surface area contributed by atoms with Crippen molar-refractivity contribution in [2.75, 3.05) is 0 Å². The van der Waals surface area contributed by atoms with Crippen LogP contribution in [0.5, 0.6) is 0 Å². The van der Waals surface area contributed by atoms with Gasteiger partial charge in [-0.2, -0.15) is 0 Å². The van der Waals surface area contributed by atoms with E-state index in [1.807, 2.05) is 13.8 Å². The van der Waals surface area contributed by atoms with Gasteiger partial charge in [-0.3, -0.25) is 0 Å². The van der Waals surface area contributed by atoms with Gasteiger partial charge >= 0.3 is 6.09 Å². The number of carbonyl (C=O) groups is 1. The monoisotopic (exact) mass is 261 g/mol. The van der Waals surface area contributed by atoms with Crippen molar-refractivity contribution >= 4 is 29.3 Å². The van der Waals surface area contributed by atoms with Crippen LogP contribution in [0.3, 0.4) is 0 Å². The summed E-state index contributed by atoms with van der Waals surface area (Å²) in [5.41, 5.74) is 0.615. The zero-order chi connectivity index (χ0) is 12.1. The van der Waals surface area contributed by atoms with Crippen molar-refractivity contribution in [1.82, 2.24) is 5.32 Å². The lowest BCUT2D eigenvalue weighted by Gasteiger charge is -2.11. The Hall–Kier alpha value is -0.930. The van der Waals surface area contributed by atoms with Crippen LogP contribution in [0.15, 0.2) is 18.2 Å². The topological polar surface area (TPSA) is 38.3 Å². The lowest BCUT2D eigenvalue weighted by molar-refractivity contribution is 0.137. The molecule has 1 aromatic rings. The lowest BCUT2D eigenvalue weighted by Crippen LogP contribution is -2.30. The van der Waals surface area contributed by atoms with E-state index in [1.54, 1.807) is 18.2 Å². The van der Waals surface area contributed by atoms with Crippen molar-refractivity contribution in [1.29, 1.82) is 0 Å². The molecular weight excluding hydrogens is 249 g/mol. The molecule has 0 heterocycles. The zero-order valence-electron chi connectivity index (χ0n) is 9.09. The van der Waals surface area contributed by atoms with E-state index < -0.39 is 6.09 Å². The molecule has 1 N–H and O–H groups in total. The fourth-order valence-corrected chi connectivity index (χ4v) is 1.59. The number of amides is 1. The molecule has 0 aliphatic heterocycles. The Balaban J connectivity index is 2.58. The van der Waals surface area contributed by atoms with Crippen LogP contribution >= 0.6 is 23.2 Å². The number of hydrogen-bond donors (Lipinski definition) is 1. The minimum absolute atomic E-state index is 0.0363. The molecule has 16 heavy (non-hydrogen) atoms. The molecule has 0 fully saturated rings. The molecule has 88 valence electrons. The van der Waals surface area contributed by atoms with Crippen molar-refractivity contribution in [3.63, 3.8) is 0 Å². The fraction of sp³-hybridized carbons (Fsp3) is 0.364. The van der Waals surface area contributed by atoms with Gasteiger partial charge in [0, 0.05) is 21.7 Å². The molecule has 3 nitrogen and oxygen atoms in total. The van der Waals surface area contributed by atoms with E-state index in [2.05, 4.69) is 5.32 Å². The van der Waals surface area contributed by atoms with E-state index in [-0.39, 0.29) is 12.6 Å². The maximum Gasteiger partial charge on any atom is 0.407 e. The number of rotatable bonds is 3. The predicted octanol–water partition coefficient (Wildman–Crippen LogP) is 3.63. The predicted molar refractivity (Wildman–Crippen MR) is 64.9 cm³/mol. The van der Waals surface area contributed by atoms with Gasteiger partial charge in [0.05, 0.1) is 0 Å². The SMILES string of the molecule is CC(C)NC(=O)OCc1c(Cl)cccc1Cl. The number of carbonyl (C=O) groups excluding carboxylic acids is 1.